The van der Waals surface area contributed by atoms with Gasteiger partial charge in [-0.1, -0.05) is 69.9 Å². The van der Waals surface area contributed by atoms with Gasteiger partial charge in [0.15, 0.2) is 6.61 Å². The molecule has 3 saturated carbocycles. The highest BCUT2D eigenvalue weighted by molar-refractivity contribution is 7.86. The molecule has 0 amide bonds. The van der Waals surface area contributed by atoms with Crippen molar-refractivity contribution in [1.29, 1.82) is 0 Å². The van der Waals surface area contributed by atoms with Gasteiger partial charge in [-0.05, 0) is 73.0 Å². The van der Waals surface area contributed by atoms with Crippen LogP contribution in [-0.2, 0) is 10.1 Å². The third-order valence-electron chi connectivity index (χ3n) is 8.10. The average molecular weight is 485 g/mol. The standard InChI is InChI=1S/C26H38F2O4S/c27-26(28,33(29,30)31)18-32-25-23(20-12-6-2-7-13-20)16-22(19-10-4-1-5-11-19)17-24(25)21-14-8-3-9-15-21/h16-17,19-21H,1-15,18H2,(H,29,30,31). The third-order valence-corrected chi connectivity index (χ3v) is 8.97. The van der Waals surface area contributed by atoms with E-state index in [1.807, 2.05) is 0 Å². The Labute approximate surface area is 197 Å². The molecule has 0 bridgehead atoms. The second kappa shape index (κ2) is 10.6. The molecule has 0 saturated heterocycles. The number of ether oxygens (including phenoxy) is 1. The molecule has 33 heavy (non-hydrogen) atoms. The Hall–Kier alpha value is -1.21. The van der Waals surface area contributed by atoms with Crippen LogP contribution >= 0.6 is 0 Å². The molecule has 0 unspecified atom stereocenters. The van der Waals surface area contributed by atoms with E-state index in [0.717, 1.165) is 75.3 Å². The Bertz CT molecular complexity index is 858. The van der Waals surface area contributed by atoms with E-state index in [1.54, 1.807) is 0 Å². The number of halogens is 2. The highest BCUT2D eigenvalue weighted by Gasteiger charge is 2.45. The zero-order chi connectivity index (χ0) is 23.5. The molecule has 4 nitrogen and oxygen atoms in total. The Morgan fingerprint density at radius 2 is 1.15 bits per heavy atom. The molecule has 7 heteroatoms. The van der Waals surface area contributed by atoms with Crippen LogP contribution in [0.5, 0.6) is 5.75 Å². The van der Waals surface area contributed by atoms with Crippen LogP contribution in [0.2, 0.25) is 0 Å². The van der Waals surface area contributed by atoms with Crippen LogP contribution in [-0.4, -0.2) is 24.8 Å². The smallest absolute Gasteiger partial charge is 0.402 e. The first-order valence-electron chi connectivity index (χ1n) is 12.9. The maximum absolute atomic E-state index is 14.2. The highest BCUT2D eigenvalue weighted by atomic mass is 32.2. The maximum Gasteiger partial charge on any atom is 0.402 e. The normalized spacial score (nSPS) is 22.4. The van der Waals surface area contributed by atoms with E-state index in [2.05, 4.69) is 12.1 Å². The molecule has 3 fully saturated rings. The first kappa shape index (κ1) is 24.9. The van der Waals surface area contributed by atoms with Gasteiger partial charge in [0.2, 0.25) is 0 Å². The van der Waals surface area contributed by atoms with Crippen molar-refractivity contribution in [2.45, 2.75) is 119 Å². The SMILES string of the molecule is O=S(=O)(O)C(F)(F)COc1c(C2CCCCC2)cc(C2CCCCC2)cc1C1CCCCC1. The molecule has 1 N–H and O–H groups in total. The van der Waals surface area contributed by atoms with Crippen molar-refractivity contribution >= 4 is 10.1 Å². The maximum atomic E-state index is 14.2. The zero-order valence-electron chi connectivity index (χ0n) is 19.5. The van der Waals surface area contributed by atoms with Crippen molar-refractivity contribution in [2.75, 3.05) is 6.61 Å². The van der Waals surface area contributed by atoms with Crippen molar-refractivity contribution in [3.63, 3.8) is 0 Å². The molecule has 1 aromatic rings. The first-order valence-corrected chi connectivity index (χ1v) is 14.4. The summed E-state index contributed by atoms with van der Waals surface area (Å²) in [4.78, 5) is 0. The van der Waals surface area contributed by atoms with E-state index in [-0.39, 0.29) is 11.8 Å². The molecule has 0 heterocycles. The third kappa shape index (κ3) is 5.90. The van der Waals surface area contributed by atoms with Gasteiger partial charge in [0.25, 0.3) is 0 Å². The van der Waals surface area contributed by atoms with Crippen molar-refractivity contribution in [2.24, 2.45) is 0 Å². The van der Waals surface area contributed by atoms with Crippen LogP contribution in [0.1, 0.15) is 131 Å². The summed E-state index contributed by atoms with van der Waals surface area (Å²) >= 11 is 0. The van der Waals surface area contributed by atoms with Crippen LogP contribution < -0.4 is 4.74 Å². The van der Waals surface area contributed by atoms with Crippen molar-refractivity contribution in [3.05, 3.63) is 28.8 Å². The summed E-state index contributed by atoms with van der Waals surface area (Å²) in [6.45, 7) is -1.35. The predicted molar refractivity (Wildman–Crippen MR) is 126 cm³/mol. The molecule has 186 valence electrons. The molecule has 0 aromatic heterocycles. The number of hydrogen-bond donors (Lipinski definition) is 1. The second-order valence-corrected chi connectivity index (χ2v) is 12.0. The average Bonchev–Trinajstić information content (AvgIpc) is 2.83. The van der Waals surface area contributed by atoms with Crippen LogP contribution in [0.25, 0.3) is 0 Å². The fraction of sp³-hybridized carbons (Fsp3) is 0.769. The number of alkyl halides is 2. The van der Waals surface area contributed by atoms with Gasteiger partial charge in [0.05, 0.1) is 0 Å². The summed E-state index contributed by atoms with van der Waals surface area (Å²) in [5.41, 5.74) is 3.29. The summed E-state index contributed by atoms with van der Waals surface area (Å²) < 4.78 is 65.5. The van der Waals surface area contributed by atoms with Crippen molar-refractivity contribution in [3.8, 4) is 5.75 Å². The summed E-state index contributed by atoms with van der Waals surface area (Å²) in [7, 11) is -5.53. The van der Waals surface area contributed by atoms with Gasteiger partial charge in [0, 0.05) is 0 Å². The van der Waals surface area contributed by atoms with Crippen molar-refractivity contribution in [1.82, 2.24) is 0 Å². The summed E-state index contributed by atoms with van der Waals surface area (Å²) in [5.74, 6) is 1.46. The molecular weight excluding hydrogens is 446 g/mol. The molecule has 4 rings (SSSR count). The van der Waals surface area contributed by atoms with Gasteiger partial charge in [-0.15, -0.1) is 0 Å². The highest BCUT2D eigenvalue weighted by Crippen LogP contribution is 2.47. The van der Waals surface area contributed by atoms with Crippen LogP contribution in [0.15, 0.2) is 12.1 Å². The Kier molecular flexibility index (Phi) is 7.99. The van der Waals surface area contributed by atoms with E-state index in [0.29, 0.717) is 11.7 Å². The van der Waals surface area contributed by atoms with E-state index in [4.69, 9.17) is 9.29 Å². The molecule has 1 aromatic carbocycles. The Balaban J connectivity index is 1.77. The molecule has 0 spiro atoms. The number of hydrogen-bond acceptors (Lipinski definition) is 3. The molecule has 0 aliphatic heterocycles. The molecule has 0 radical (unpaired) electrons. The Morgan fingerprint density at radius 1 is 0.758 bits per heavy atom. The van der Waals surface area contributed by atoms with Gasteiger partial charge >= 0.3 is 15.4 Å². The van der Waals surface area contributed by atoms with E-state index < -0.39 is 22.0 Å². The largest absolute Gasteiger partial charge is 0.485 e. The van der Waals surface area contributed by atoms with Crippen LogP contribution in [0.4, 0.5) is 8.78 Å². The van der Waals surface area contributed by atoms with E-state index in [1.165, 1.54) is 37.7 Å². The monoisotopic (exact) mass is 484 g/mol. The molecular formula is C26H38F2O4S. The molecule has 3 aliphatic carbocycles. The summed E-state index contributed by atoms with van der Waals surface area (Å²) in [5, 5.41) is -4.33. The van der Waals surface area contributed by atoms with E-state index >= 15 is 0 Å². The molecule has 3 aliphatic rings. The lowest BCUT2D eigenvalue weighted by Gasteiger charge is -2.32. The lowest BCUT2D eigenvalue weighted by atomic mass is 9.75. The lowest BCUT2D eigenvalue weighted by Crippen LogP contribution is -2.35. The van der Waals surface area contributed by atoms with Gasteiger partial charge in [-0.3, -0.25) is 4.55 Å². The summed E-state index contributed by atoms with van der Waals surface area (Å²) in [6, 6.07) is 4.39. The van der Waals surface area contributed by atoms with Gasteiger partial charge < -0.3 is 4.74 Å². The zero-order valence-corrected chi connectivity index (χ0v) is 20.4. The van der Waals surface area contributed by atoms with E-state index in [9.17, 15) is 17.2 Å². The number of benzene rings is 1. The van der Waals surface area contributed by atoms with Gasteiger partial charge in [-0.25, -0.2) is 0 Å². The fourth-order valence-electron chi connectivity index (χ4n) is 6.20. The van der Waals surface area contributed by atoms with Crippen LogP contribution in [0.3, 0.4) is 0 Å². The second-order valence-electron chi connectivity index (χ2n) is 10.4. The Morgan fingerprint density at radius 3 is 1.55 bits per heavy atom. The topological polar surface area (TPSA) is 63.6 Å². The fourth-order valence-corrected chi connectivity index (χ4v) is 6.41. The van der Waals surface area contributed by atoms with Gasteiger partial charge in [0.1, 0.15) is 5.75 Å². The lowest BCUT2D eigenvalue weighted by molar-refractivity contribution is 0.0277. The number of rotatable bonds is 7. The minimum Gasteiger partial charge on any atom is -0.485 e. The van der Waals surface area contributed by atoms with Gasteiger partial charge in [-0.2, -0.15) is 17.2 Å². The first-order chi connectivity index (χ1) is 15.8. The minimum atomic E-state index is -5.53. The summed E-state index contributed by atoms with van der Waals surface area (Å²) in [6.07, 6.45) is 16.9. The molecule has 0 atom stereocenters. The quantitative estimate of drug-likeness (QED) is 0.403. The minimum absolute atomic E-state index is 0.249. The predicted octanol–water partition coefficient (Wildman–Crippen LogP) is 7.69. The van der Waals surface area contributed by atoms with Crippen molar-refractivity contribution < 1.29 is 26.5 Å². The van der Waals surface area contributed by atoms with Crippen LogP contribution in [0, 0.1) is 0 Å².